The number of para-hydroxylation sites is 2. The highest BCUT2D eigenvalue weighted by atomic mass is 16.5. The number of carboxylic acid groups (broad SMARTS) is 1. The number of aromatic nitrogens is 1. The van der Waals surface area contributed by atoms with Crippen LogP contribution in [-0.4, -0.2) is 22.2 Å². The number of nitrogens with zero attached hydrogens (tertiary/aromatic N) is 1. The topological polar surface area (TPSA) is 51.5 Å². The van der Waals surface area contributed by atoms with Gasteiger partial charge in [-0.3, -0.25) is 0 Å². The first-order valence-electron chi connectivity index (χ1n) is 8.01. The minimum Gasteiger partial charge on any atom is -0.491 e. The number of carboxylic acids is 1. The summed E-state index contributed by atoms with van der Waals surface area (Å²) in [6.45, 7) is 6.79. The van der Waals surface area contributed by atoms with Crippen molar-refractivity contribution >= 4 is 16.9 Å². The van der Waals surface area contributed by atoms with Crippen LogP contribution in [0.15, 0.2) is 42.5 Å². The molecule has 1 aromatic heterocycles. The van der Waals surface area contributed by atoms with E-state index in [9.17, 15) is 9.90 Å². The molecule has 4 nitrogen and oxygen atoms in total. The fourth-order valence-corrected chi connectivity index (χ4v) is 3.25. The molecule has 0 aliphatic carbocycles. The number of benzene rings is 2. The van der Waals surface area contributed by atoms with E-state index in [1.165, 1.54) is 0 Å². The molecule has 0 saturated carbocycles. The van der Waals surface area contributed by atoms with Crippen molar-refractivity contribution in [1.82, 2.24) is 4.57 Å². The zero-order valence-corrected chi connectivity index (χ0v) is 14.2. The molecule has 0 amide bonds. The Bertz CT molecular complexity index is 888. The Kier molecular flexibility index (Phi) is 4.30. The Morgan fingerprint density at radius 1 is 1.04 bits per heavy atom. The van der Waals surface area contributed by atoms with Gasteiger partial charge in [-0.25, -0.2) is 4.79 Å². The lowest BCUT2D eigenvalue weighted by Crippen LogP contribution is -2.15. The SMILES string of the molecule is Cc1cccc(C)c1OCCn1c(C(=O)O)c(C)c2ccccc21. The molecule has 3 aromatic rings. The zero-order chi connectivity index (χ0) is 17.3. The number of hydrogen-bond donors (Lipinski definition) is 1. The fraction of sp³-hybridized carbons (Fsp3) is 0.250. The van der Waals surface area contributed by atoms with Gasteiger partial charge in [0.25, 0.3) is 0 Å². The minimum absolute atomic E-state index is 0.335. The summed E-state index contributed by atoms with van der Waals surface area (Å²) in [6, 6.07) is 13.8. The van der Waals surface area contributed by atoms with Crippen molar-refractivity contribution in [3.05, 3.63) is 64.8 Å². The van der Waals surface area contributed by atoms with Crippen LogP contribution in [-0.2, 0) is 6.54 Å². The summed E-state index contributed by atoms with van der Waals surface area (Å²) >= 11 is 0. The first kappa shape index (κ1) is 16.1. The second kappa shape index (κ2) is 6.40. The lowest BCUT2D eigenvalue weighted by Gasteiger charge is -2.14. The molecule has 1 N–H and O–H groups in total. The molecule has 24 heavy (non-hydrogen) atoms. The molecule has 0 spiro atoms. The van der Waals surface area contributed by atoms with Crippen LogP contribution in [0.5, 0.6) is 5.75 Å². The van der Waals surface area contributed by atoms with Crippen LogP contribution in [0.4, 0.5) is 0 Å². The monoisotopic (exact) mass is 323 g/mol. The smallest absolute Gasteiger partial charge is 0.352 e. The minimum atomic E-state index is -0.907. The van der Waals surface area contributed by atoms with Crippen LogP contribution >= 0.6 is 0 Å². The molecular weight excluding hydrogens is 302 g/mol. The summed E-state index contributed by atoms with van der Waals surface area (Å²) in [7, 11) is 0. The molecule has 124 valence electrons. The number of rotatable bonds is 5. The number of ether oxygens (including phenoxy) is 1. The van der Waals surface area contributed by atoms with Crippen molar-refractivity contribution in [3.63, 3.8) is 0 Å². The summed E-state index contributed by atoms with van der Waals surface area (Å²) in [4.78, 5) is 11.7. The molecule has 0 aliphatic heterocycles. The van der Waals surface area contributed by atoms with Crippen molar-refractivity contribution < 1.29 is 14.6 Å². The second-order valence-corrected chi connectivity index (χ2v) is 6.02. The molecule has 3 rings (SSSR count). The van der Waals surface area contributed by atoms with Crippen molar-refractivity contribution in [2.75, 3.05) is 6.61 Å². The van der Waals surface area contributed by atoms with Crippen molar-refractivity contribution in [2.45, 2.75) is 27.3 Å². The number of carbonyl (C=O) groups is 1. The first-order valence-corrected chi connectivity index (χ1v) is 8.01. The third-order valence-electron chi connectivity index (χ3n) is 4.40. The Morgan fingerprint density at radius 2 is 1.71 bits per heavy atom. The van der Waals surface area contributed by atoms with Gasteiger partial charge < -0.3 is 14.4 Å². The fourth-order valence-electron chi connectivity index (χ4n) is 3.25. The quantitative estimate of drug-likeness (QED) is 0.759. The van der Waals surface area contributed by atoms with Gasteiger partial charge in [0.1, 0.15) is 18.1 Å². The molecule has 0 atom stereocenters. The van der Waals surface area contributed by atoms with Gasteiger partial charge in [0.2, 0.25) is 0 Å². The average molecular weight is 323 g/mol. The lowest BCUT2D eigenvalue weighted by atomic mass is 10.1. The predicted octanol–water partition coefficient (Wildman–Crippen LogP) is 4.34. The largest absolute Gasteiger partial charge is 0.491 e. The van der Waals surface area contributed by atoms with Gasteiger partial charge in [-0.15, -0.1) is 0 Å². The van der Waals surface area contributed by atoms with E-state index in [4.69, 9.17) is 4.74 Å². The molecule has 0 radical (unpaired) electrons. The van der Waals surface area contributed by atoms with E-state index >= 15 is 0 Å². The van der Waals surface area contributed by atoms with Crippen LogP contribution in [0, 0.1) is 20.8 Å². The number of fused-ring (bicyclic) bond motifs is 1. The van der Waals surface area contributed by atoms with Crippen molar-refractivity contribution in [1.29, 1.82) is 0 Å². The average Bonchev–Trinajstić information content (AvgIpc) is 2.83. The van der Waals surface area contributed by atoms with Gasteiger partial charge in [0, 0.05) is 10.9 Å². The molecule has 4 heteroatoms. The Morgan fingerprint density at radius 3 is 2.38 bits per heavy atom. The van der Waals surface area contributed by atoms with E-state index in [1.54, 1.807) is 0 Å². The van der Waals surface area contributed by atoms with Crippen LogP contribution in [0.3, 0.4) is 0 Å². The van der Waals surface area contributed by atoms with E-state index in [0.29, 0.717) is 18.8 Å². The molecule has 2 aromatic carbocycles. The normalized spacial score (nSPS) is 11.0. The Labute approximate surface area is 141 Å². The van der Waals surface area contributed by atoms with E-state index < -0.39 is 5.97 Å². The molecule has 0 bridgehead atoms. The highest BCUT2D eigenvalue weighted by Crippen LogP contribution is 2.26. The number of hydrogen-bond acceptors (Lipinski definition) is 2. The zero-order valence-electron chi connectivity index (χ0n) is 14.2. The van der Waals surface area contributed by atoms with Gasteiger partial charge in [-0.1, -0.05) is 36.4 Å². The van der Waals surface area contributed by atoms with Crippen LogP contribution in [0.1, 0.15) is 27.2 Å². The predicted molar refractivity (Wildman–Crippen MR) is 95.0 cm³/mol. The summed E-state index contributed by atoms with van der Waals surface area (Å²) in [6.07, 6.45) is 0. The van der Waals surface area contributed by atoms with E-state index in [1.807, 2.05) is 67.8 Å². The molecular formula is C20H21NO3. The van der Waals surface area contributed by atoms with Gasteiger partial charge in [0.15, 0.2) is 0 Å². The molecule has 0 unspecified atom stereocenters. The Hall–Kier alpha value is -2.75. The van der Waals surface area contributed by atoms with E-state index in [2.05, 4.69) is 0 Å². The van der Waals surface area contributed by atoms with E-state index in [0.717, 1.165) is 33.3 Å². The highest BCUT2D eigenvalue weighted by molar-refractivity contribution is 5.98. The molecule has 0 fully saturated rings. The third kappa shape index (κ3) is 2.75. The molecule has 0 saturated heterocycles. The van der Waals surface area contributed by atoms with Crippen molar-refractivity contribution in [2.24, 2.45) is 0 Å². The molecule has 1 heterocycles. The van der Waals surface area contributed by atoms with Crippen molar-refractivity contribution in [3.8, 4) is 5.75 Å². The van der Waals surface area contributed by atoms with Gasteiger partial charge in [0.05, 0.1) is 6.54 Å². The van der Waals surface area contributed by atoms with Crippen LogP contribution in [0.25, 0.3) is 10.9 Å². The maximum Gasteiger partial charge on any atom is 0.352 e. The Balaban J connectivity index is 1.90. The number of aryl methyl sites for hydroxylation is 3. The maximum atomic E-state index is 11.7. The summed E-state index contributed by atoms with van der Waals surface area (Å²) in [5, 5.41) is 10.6. The summed E-state index contributed by atoms with van der Waals surface area (Å²) in [5.41, 5.74) is 4.23. The van der Waals surface area contributed by atoms with Gasteiger partial charge in [-0.05, 0) is 43.5 Å². The summed E-state index contributed by atoms with van der Waals surface area (Å²) in [5.74, 6) is -0.0293. The number of aromatic carboxylic acids is 1. The highest BCUT2D eigenvalue weighted by Gasteiger charge is 2.19. The lowest BCUT2D eigenvalue weighted by molar-refractivity contribution is 0.0684. The standard InChI is InChI=1S/C20H21NO3/c1-13-7-6-8-14(2)19(13)24-12-11-21-17-10-5-4-9-16(17)15(3)18(21)20(22)23/h4-10H,11-12H2,1-3H3,(H,22,23). The third-order valence-corrected chi connectivity index (χ3v) is 4.40. The first-order chi connectivity index (χ1) is 11.5. The summed E-state index contributed by atoms with van der Waals surface area (Å²) < 4.78 is 7.78. The van der Waals surface area contributed by atoms with E-state index in [-0.39, 0.29) is 0 Å². The van der Waals surface area contributed by atoms with Gasteiger partial charge >= 0.3 is 5.97 Å². The van der Waals surface area contributed by atoms with Crippen LogP contribution in [0.2, 0.25) is 0 Å². The second-order valence-electron chi connectivity index (χ2n) is 6.02. The maximum absolute atomic E-state index is 11.7. The molecule has 0 aliphatic rings. The van der Waals surface area contributed by atoms with Gasteiger partial charge in [-0.2, -0.15) is 0 Å². The van der Waals surface area contributed by atoms with Crippen LogP contribution < -0.4 is 4.74 Å².